The van der Waals surface area contributed by atoms with Crippen LogP contribution in [0.2, 0.25) is 0 Å². The van der Waals surface area contributed by atoms with Gasteiger partial charge < -0.3 is 15.1 Å². The van der Waals surface area contributed by atoms with Gasteiger partial charge in [0.05, 0.1) is 9.75 Å². The molecule has 21 heteroatoms. The van der Waals surface area contributed by atoms with Crippen molar-refractivity contribution in [2.45, 2.75) is 26.2 Å². The zero-order valence-corrected chi connectivity index (χ0v) is 33.1. The number of carbonyl (C=O) groups excluding carboxylic acids is 2. The van der Waals surface area contributed by atoms with Crippen molar-refractivity contribution in [2.75, 3.05) is 18.0 Å². The van der Waals surface area contributed by atoms with Crippen molar-refractivity contribution < 1.29 is 95.5 Å². The largest absolute Gasteiger partial charge is 0.506 e. The van der Waals surface area contributed by atoms with Crippen molar-refractivity contribution in [2.24, 2.45) is 0 Å². The third-order valence-electron chi connectivity index (χ3n) is 6.93. The summed E-state index contributed by atoms with van der Waals surface area (Å²) in [5.41, 5.74) is 2.09. The molecule has 5 heterocycles. The van der Waals surface area contributed by atoms with Crippen LogP contribution >= 0.6 is 22.7 Å². The van der Waals surface area contributed by atoms with E-state index in [0.29, 0.717) is 17.7 Å². The standard InChI is InChI=1S/C19H20N8.2C8H5F3O2S.Eu/c1-3-25(4-2)16-9-7-15(8-10-16)17-22-18(26-13-5-11-20-26)24-19(23-17)27-14-6-12-21-27;2*9-8(10,11)7(13)4-5(12)6-2-1-3-14-6;/h5-14H,3-4H2,1-2H3;2*1-4,12H;/b;2*5-4-;. The molecule has 0 aliphatic heterocycles. The molecule has 0 saturated heterocycles. The topological polar surface area (TPSA) is 152 Å². The fraction of sp³-hybridized carbons (Fsp3) is 0.171. The van der Waals surface area contributed by atoms with Gasteiger partial charge in [0.2, 0.25) is 0 Å². The van der Waals surface area contributed by atoms with Gasteiger partial charge in [-0.1, -0.05) is 12.1 Å². The van der Waals surface area contributed by atoms with Gasteiger partial charge in [0, 0.05) is 111 Å². The van der Waals surface area contributed by atoms with E-state index in [1.165, 1.54) is 17.8 Å². The van der Waals surface area contributed by atoms with E-state index >= 15 is 0 Å². The number of allylic oxidation sites excluding steroid dienone is 2. The molecule has 0 aliphatic carbocycles. The normalized spacial score (nSPS) is 11.7. The summed E-state index contributed by atoms with van der Waals surface area (Å²) in [7, 11) is 0. The molecule has 0 fully saturated rings. The zero-order valence-electron chi connectivity index (χ0n) is 29.1. The Balaban J connectivity index is 0.000000247. The molecule has 6 rings (SSSR count). The van der Waals surface area contributed by atoms with Gasteiger partial charge >= 0.3 is 12.4 Å². The van der Waals surface area contributed by atoms with E-state index in [0.717, 1.165) is 41.3 Å². The number of anilines is 1. The number of nitrogens with zero attached hydrogens (tertiary/aromatic N) is 8. The molecule has 56 heavy (non-hydrogen) atoms. The number of aromatic nitrogens is 7. The van der Waals surface area contributed by atoms with Crippen LogP contribution in [0.5, 0.6) is 0 Å². The maximum atomic E-state index is 11.7. The van der Waals surface area contributed by atoms with Crippen molar-refractivity contribution >= 4 is 51.4 Å². The summed E-state index contributed by atoms with van der Waals surface area (Å²) in [6.07, 6.45) is -2.55. The Morgan fingerprint density at radius 2 is 1.12 bits per heavy atom. The molecule has 12 nitrogen and oxygen atoms in total. The van der Waals surface area contributed by atoms with E-state index < -0.39 is 35.4 Å². The summed E-state index contributed by atoms with van der Waals surface area (Å²) < 4.78 is 73.7. The smallest absolute Gasteiger partial charge is 0.454 e. The van der Waals surface area contributed by atoms with E-state index in [1.807, 2.05) is 24.3 Å². The molecule has 1 radical (unpaired) electrons. The average Bonchev–Trinajstić information content (AvgIpc) is 4.00. The first kappa shape index (κ1) is 45.8. The maximum Gasteiger partial charge on any atom is 0.454 e. The number of halogens is 6. The van der Waals surface area contributed by atoms with Gasteiger partial charge in [-0.15, -0.1) is 22.7 Å². The number of thiophene rings is 2. The number of ketones is 2. The van der Waals surface area contributed by atoms with Gasteiger partial charge in [-0.25, -0.2) is 9.36 Å². The van der Waals surface area contributed by atoms with Gasteiger partial charge in [0.1, 0.15) is 11.5 Å². The summed E-state index contributed by atoms with van der Waals surface area (Å²) >= 11 is 2.09. The van der Waals surface area contributed by atoms with Crippen LogP contribution in [0, 0.1) is 49.4 Å². The first-order chi connectivity index (χ1) is 26.1. The van der Waals surface area contributed by atoms with Crippen molar-refractivity contribution in [3.63, 3.8) is 0 Å². The van der Waals surface area contributed by atoms with Crippen LogP contribution in [-0.2, 0) is 9.59 Å². The molecule has 0 bridgehead atoms. The van der Waals surface area contributed by atoms with Crippen LogP contribution in [-0.4, -0.2) is 81.7 Å². The molecule has 0 atom stereocenters. The first-order valence-electron chi connectivity index (χ1n) is 15.8. The molecular formula is C35H30EuF6N8O4S2. The third kappa shape index (κ3) is 13.3. The molecule has 0 aliphatic rings. The van der Waals surface area contributed by atoms with Crippen LogP contribution in [0.15, 0.2) is 108 Å². The fourth-order valence-electron chi connectivity index (χ4n) is 4.28. The van der Waals surface area contributed by atoms with Gasteiger partial charge in [0.15, 0.2) is 5.82 Å². The van der Waals surface area contributed by atoms with Crippen LogP contribution < -0.4 is 4.90 Å². The van der Waals surface area contributed by atoms with Crippen LogP contribution in [0.3, 0.4) is 0 Å². The number of hydrogen-bond acceptors (Lipinski definition) is 12. The summed E-state index contributed by atoms with van der Waals surface area (Å²) in [5, 5.41) is 29.8. The number of hydrogen-bond donors (Lipinski definition) is 2. The second kappa shape index (κ2) is 21.1. The average molecular weight is 957 g/mol. The van der Waals surface area contributed by atoms with Gasteiger partial charge in [-0.2, -0.15) is 51.5 Å². The van der Waals surface area contributed by atoms with Crippen LogP contribution in [0.1, 0.15) is 23.6 Å². The quantitative estimate of drug-likeness (QED) is 0.0780. The monoisotopic (exact) mass is 957 g/mol. The molecular weight excluding hydrogens is 927 g/mol. The number of carbonyl (C=O) groups is 2. The molecule has 1 aromatic carbocycles. The number of benzene rings is 1. The van der Waals surface area contributed by atoms with E-state index in [2.05, 4.69) is 56.0 Å². The van der Waals surface area contributed by atoms with Gasteiger partial charge in [0.25, 0.3) is 23.5 Å². The second-order valence-electron chi connectivity index (χ2n) is 10.6. The van der Waals surface area contributed by atoms with Crippen molar-refractivity contribution in [3.05, 3.63) is 118 Å². The van der Waals surface area contributed by atoms with Gasteiger partial charge in [-0.05, 0) is 73.1 Å². The molecule has 5 aromatic heterocycles. The molecule has 295 valence electrons. The minimum Gasteiger partial charge on any atom is -0.506 e. The molecule has 0 spiro atoms. The molecule has 0 unspecified atom stereocenters. The minimum absolute atomic E-state index is 0. The Morgan fingerprint density at radius 1 is 0.696 bits per heavy atom. The Labute approximate surface area is 364 Å². The van der Waals surface area contributed by atoms with E-state index in [1.54, 1.807) is 57.0 Å². The maximum absolute atomic E-state index is 11.7. The number of rotatable bonds is 10. The molecule has 6 aromatic rings. The molecule has 0 amide bonds. The number of aliphatic hydroxyl groups excluding tert-OH is 2. The summed E-state index contributed by atoms with van der Waals surface area (Å²) in [6, 6.07) is 17.8. The SMILES string of the molecule is CCN(CC)c1ccc(-c2nc(-n3cccn3)nc(-n3cccn3)n2)cc1.O=C(/C=C(\O)c1cccs1)C(F)(F)F.O=C(/C=C(\O)c1cccs1)C(F)(F)F.[Eu]. The van der Waals surface area contributed by atoms with Crippen LogP contribution in [0.4, 0.5) is 32.0 Å². The van der Waals surface area contributed by atoms with Gasteiger partial charge in [-0.3, -0.25) is 9.59 Å². The van der Waals surface area contributed by atoms with E-state index in [-0.39, 0.29) is 71.3 Å². The number of alkyl halides is 6. The van der Waals surface area contributed by atoms with Crippen molar-refractivity contribution in [1.29, 1.82) is 0 Å². The predicted molar refractivity (Wildman–Crippen MR) is 195 cm³/mol. The predicted octanol–water partition coefficient (Wildman–Crippen LogP) is 8.31. The third-order valence-corrected chi connectivity index (χ3v) is 8.71. The summed E-state index contributed by atoms with van der Waals surface area (Å²) in [4.78, 5) is 37.2. The van der Waals surface area contributed by atoms with Crippen LogP contribution in [0.25, 0.3) is 34.8 Å². The van der Waals surface area contributed by atoms with Crippen molar-refractivity contribution in [1.82, 2.24) is 34.5 Å². The summed E-state index contributed by atoms with van der Waals surface area (Å²) in [6.45, 7) is 6.23. The number of aliphatic hydroxyl groups is 2. The summed E-state index contributed by atoms with van der Waals surface area (Å²) in [5.74, 6) is -3.99. The van der Waals surface area contributed by atoms with E-state index in [4.69, 9.17) is 10.2 Å². The Kier molecular flexibility index (Phi) is 17.3. The second-order valence-corrected chi connectivity index (χ2v) is 12.5. The Bertz CT molecular complexity index is 2050. The molecule has 0 saturated carbocycles. The van der Waals surface area contributed by atoms with E-state index in [9.17, 15) is 35.9 Å². The first-order valence-corrected chi connectivity index (χ1v) is 17.6. The Hall–Kier alpha value is -4.57. The van der Waals surface area contributed by atoms with Crippen molar-refractivity contribution in [3.8, 4) is 23.3 Å². The fourth-order valence-corrected chi connectivity index (χ4v) is 5.56. The minimum atomic E-state index is -4.94. The molecule has 2 N–H and O–H groups in total. The zero-order chi connectivity index (χ0) is 40.2. The Morgan fingerprint density at radius 3 is 1.45 bits per heavy atom.